The molecule has 19 heavy (non-hydrogen) atoms. The molecule has 2 rings (SSSR count). The van der Waals surface area contributed by atoms with Gasteiger partial charge < -0.3 is 9.47 Å². The van der Waals surface area contributed by atoms with Crippen LogP contribution in [0.3, 0.4) is 0 Å². The van der Waals surface area contributed by atoms with Crippen LogP contribution in [-0.4, -0.2) is 76.8 Å². The number of esters is 1. The van der Waals surface area contributed by atoms with Gasteiger partial charge in [-0.15, -0.1) is 5.10 Å². The molecule has 0 saturated carbocycles. The molecule has 1 aliphatic heterocycles. The summed E-state index contributed by atoms with van der Waals surface area (Å²) in [6.07, 6.45) is 0. The predicted octanol–water partition coefficient (Wildman–Crippen LogP) is -0.730. The van der Waals surface area contributed by atoms with E-state index < -0.39 is 0 Å². The van der Waals surface area contributed by atoms with Gasteiger partial charge in [0.25, 0.3) is 0 Å². The normalized spacial score (nSPS) is 16.5. The lowest BCUT2D eigenvalue weighted by molar-refractivity contribution is -0.141. The summed E-state index contributed by atoms with van der Waals surface area (Å²) in [6, 6.07) is 0. The SMILES string of the molecule is COC(=O)Cn1nnnc1SCCN1CCOCC1. The standard InChI is InChI=1S/C10H17N5O3S/c1-17-9(16)8-15-10(11-12-13-15)19-7-4-14-2-5-18-6-3-14/h2-8H2,1H3. The highest BCUT2D eigenvalue weighted by molar-refractivity contribution is 7.99. The molecular formula is C10H17N5O3S. The highest BCUT2D eigenvalue weighted by atomic mass is 32.2. The lowest BCUT2D eigenvalue weighted by atomic mass is 10.4. The summed E-state index contributed by atoms with van der Waals surface area (Å²) < 4.78 is 11.3. The number of morpholine rings is 1. The number of aromatic nitrogens is 4. The molecule has 9 heteroatoms. The van der Waals surface area contributed by atoms with Crippen LogP contribution in [0.15, 0.2) is 5.16 Å². The Bertz CT molecular complexity index is 408. The van der Waals surface area contributed by atoms with Crippen molar-refractivity contribution in [3.63, 3.8) is 0 Å². The Hall–Kier alpha value is -1.19. The van der Waals surface area contributed by atoms with E-state index in [0.717, 1.165) is 38.6 Å². The highest BCUT2D eigenvalue weighted by Gasteiger charge is 2.13. The van der Waals surface area contributed by atoms with E-state index in [2.05, 4.69) is 25.2 Å². The second-order valence-electron chi connectivity index (χ2n) is 4.00. The van der Waals surface area contributed by atoms with Crippen molar-refractivity contribution in [1.82, 2.24) is 25.1 Å². The molecule has 8 nitrogen and oxygen atoms in total. The van der Waals surface area contributed by atoms with Gasteiger partial charge in [0.1, 0.15) is 6.54 Å². The first-order chi connectivity index (χ1) is 9.29. The fraction of sp³-hybridized carbons (Fsp3) is 0.800. The van der Waals surface area contributed by atoms with Crippen molar-refractivity contribution in [2.45, 2.75) is 11.7 Å². The van der Waals surface area contributed by atoms with Gasteiger partial charge in [-0.25, -0.2) is 4.68 Å². The smallest absolute Gasteiger partial charge is 0.327 e. The molecule has 2 heterocycles. The number of hydrogen-bond donors (Lipinski definition) is 0. The van der Waals surface area contributed by atoms with Gasteiger partial charge in [-0.3, -0.25) is 9.69 Å². The molecule has 0 spiro atoms. The first-order valence-electron chi connectivity index (χ1n) is 6.05. The average Bonchev–Trinajstić information content (AvgIpc) is 2.87. The summed E-state index contributed by atoms with van der Waals surface area (Å²) in [5, 5.41) is 11.9. The maximum absolute atomic E-state index is 11.2. The van der Waals surface area contributed by atoms with Crippen LogP contribution in [0.5, 0.6) is 0 Å². The quantitative estimate of drug-likeness (QED) is 0.500. The fourth-order valence-electron chi connectivity index (χ4n) is 1.68. The van der Waals surface area contributed by atoms with Gasteiger partial charge in [-0.05, 0) is 10.4 Å². The maximum Gasteiger partial charge on any atom is 0.327 e. The zero-order valence-electron chi connectivity index (χ0n) is 10.8. The van der Waals surface area contributed by atoms with Crippen molar-refractivity contribution in [2.24, 2.45) is 0 Å². The van der Waals surface area contributed by atoms with Gasteiger partial charge in [-0.1, -0.05) is 11.8 Å². The van der Waals surface area contributed by atoms with Gasteiger partial charge in [0.15, 0.2) is 0 Å². The van der Waals surface area contributed by atoms with Crippen molar-refractivity contribution < 1.29 is 14.3 Å². The molecule has 0 aromatic carbocycles. The van der Waals surface area contributed by atoms with Crippen molar-refractivity contribution in [3.05, 3.63) is 0 Å². The summed E-state index contributed by atoms with van der Waals surface area (Å²) in [5.41, 5.74) is 0. The van der Waals surface area contributed by atoms with Crippen molar-refractivity contribution in [2.75, 3.05) is 45.7 Å². The number of rotatable bonds is 6. The average molecular weight is 287 g/mol. The fourth-order valence-corrected chi connectivity index (χ4v) is 2.55. The zero-order valence-corrected chi connectivity index (χ0v) is 11.6. The molecule has 0 bridgehead atoms. The Morgan fingerprint density at radius 3 is 3.00 bits per heavy atom. The summed E-state index contributed by atoms with van der Waals surface area (Å²) in [7, 11) is 1.35. The van der Waals surface area contributed by atoms with E-state index >= 15 is 0 Å². The van der Waals surface area contributed by atoms with E-state index in [1.165, 1.54) is 23.6 Å². The minimum atomic E-state index is -0.359. The van der Waals surface area contributed by atoms with Crippen molar-refractivity contribution >= 4 is 17.7 Å². The van der Waals surface area contributed by atoms with Crippen LogP contribution >= 0.6 is 11.8 Å². The maximum atomic E-state index is 11.2. The zero-order chi connectivity index (χ0) is 13.5. The van der Waals surface area contributed by atoms with Crippen LogP contribution in [-0.2, 0) is 20.8 Å². The summed E-state index contributed by atoms with van der Waals surface area (Å²) in [6.45, 7) is 4.53. The van der Waals surface area contributed by atoms with E-state index in [1.807, 2.05) is 0 Å². The van der Waals surface area contributed by atoms with Gasteiger partial charge in [0.2, 0.25) is 5.16 Å². The molecule has 1 aliphatic rings. The van der Waals surface area contributed by atoms with E-state index in [0.29, 0.717) is 5.16 Å². The Kier molecular flexibility index (Phi) is 5.55. The third-order valence-electron chi connectivity index (χ3n) is 2.75. The lowest BCUT2D eigenvalue weighted by Crippen LogP contribution is -2.37. The molecule has 0 radical (unpaired) electrons. The second-order valence-corrected chi connectivity index (χ2v) is 5.06. The predicted molar refractivity (Wildman–Crippen MR) is 67.8 cm³/mol. The molecule has 1 aromatic heterocycles. The third kappa shape index (κ3) is 4.44. The molecule has 0 amide bonds. The van der Waals surface area contributed by atoms with Crippen LogP contribution in [0.1, 0.15) is 0 Å². The van der Waals surface area contributed by atoms with Crippen molar-refractivity contribution in [3.8, 4) is 0 Å². The molecule has 1 aromatic rings. The largest absolute Gasteiger partial charge is 0.468 e. The van der Waals surface area contributed by atoms with Crippen LogP contribution in [0.2, 0.25) is 0 Å². The summed E-state index contributed by atoms with van der Waals surface area (Å²) >= 11 is 1.54. The van der Waals surface area contributed by atoms with Crippen LogP contribution in [0.4, 0.5) is 0 Å². The molecule has 0 atom stereocenters. The van der Waals surface area contributed by atoms with Gasteiger partial charge >= 0.3 is 5.97 Å². The summed E-state index contributed by atoms with van der Waals surface area (Å²) in [4.78, 5) is 13.5. The molecule has 1 fully saturated rings. The topological polar surface area (TPSA) is 82.4 Å². The lowest BCUT2D eigenvalue weighted by Gasteiger charge is -2.26. The molecule has 1 saturated heterocycles. The van der Waals surface area contributed by atoms with E-state index in [1.54, 1.807) is 0 Å². The summed E-state index contributed by atoms with van der Waals surface area (Å²) in [5.74, 6) is 0.518. The minimum absolute atomic E-state index is 0.0450. The Morgan fingerprint density at radius 1 is 1.47 bits per heavy atom. The number of nitrogens with zero attached hydrogens (tertiary/aromatic N) is 5. The molecule has 0 aliphatic carbocycles. The number of carbonyl (C=O) groups excluding carboxylic acids is 1. The van der Waals surface area contributed by atoms with E-state index in [4.69, 9.17) is 4.74 Å². The van der Waals surface area contributed by atoms with Gasteiger partial charge in [0.05, 0.1) is 20.3 Å². The number of hydrogen-bond acceptors (Lipinski definition) is 8. The van der Waals surface area contributed by atoms with Gasteiger partial charge in [0, 0.05) is 25.4 Å². The minimum Gasteiger partial charge on any atom is -0.468 e. The van der Waals surface area contributed by atoms with Crippen molar-refractivity contribution in [1.29, 1.82) is 0 Å². The van der Waals surface area contributed by atoms with Crippen LogP contribution < -0.4 is 0 Å². The second kappa shape index (κ2) is 7.41. The third-order valence-corrected chi connectivity index (χ3v) is 3.69. The Labute approximate surface area is 115 Å². The molecule has 0 unspecified atom stereocenters. The number of carbonyl (C=O) groups is 1. The molecular weight excluding hydrogens is 270 g/mol. The molecule has 0 N–H and O–H groups in total. The highest BCUT2D eigenvalue weighted by Crippen LogP contribution is 2.14. The monoisotopic (exact) mass is 287 g/mol. The molecule has 106 valence electrons. The van der Waals surface area contributed by atoms with Gasteiger partial charge in [-0.2, -0.15) is 0 Å². The first-order valence-corrected chi connectivity index (χ1v) is 7.04. The Morgan fingerprint density at radius 2 is 2.26 bits per heavy atom. The van der Waals surface area contributed by atoms with Crippen LogP contribution in [0.25, 0.3) is 0 Å². The van der Waals surface area contributed by atoms with Crippen LogP contribution in [0, 0.1) is 0 Å². The van der Waals surface area contributed by atoms with E-state index in [-0.39, 0.29) is 12.5 Å². The van der Waals surface area contributed by atoms with E-state index in [9.17, 15) is 4.79 Å². The number of ether oxygens (including phenoxy) is 2. The Balaban J connectivity index is 1.76. The first kappa shape index (κ1) is 14.2. The number of methoxy groups -OCH3 is 1. The number of tetrazole rings is 1. The number of thioether (sulfide) groups is 1.